The van der Waals surface area contributed by atoms with E-state index in [0.29, 0.717) is 77.2 Å². The van der Waals surface area contributed by atoms with Gasteiger partial charge in [-0.2, -0.15) is 9.97 Å². The molecule has 5 heterocycles. The van der Waals surface area contributed by atoms with Crippen molar-refractivity contribution < 1.29 is 0 Å². The summed E-state index contributed by atoms with van der Waals surface area (Å²) in [5.41, 5.74) is 4.31. The standard InChI is InChI=1S/C64H35ClN8O4/c65-41-27-30-50-55(34-41)71-56(33-40-14-4-5-15-43(40)60(71)74)70(62(50)76)42-28-31-47-51-32-39(26-29-46(51)44-16-6-7-17-45(44)52(47)35-42)36-22-24-38(25-23-36)58-67-57(37-12-2-1-3-13-37)68-63(69-58)72-54-21-11-9-19-49(54)59-66-53-20-10-8-18-48(53)61(75)73(59)64(72)77/h1-35H. The Balaban J connectivity index is 0.882. The number of hydrogen-bond donors (Lipinski definition) is 0. The molecule has 0 aliphatic rings. The Hall–Kier alpha value is -10.4. The van der Waals surface area contributed by atoms with Gasteiger partial charge in [-0.25, -0.2) is 23.7 Å². The fourth-order valence-electron chi connectivity index (χ4n) is 11.1. The molecule has 0 fully saturated rings. The van der Waals surface area contributed by atoms with E-state index in [1.165, 1.54) is 4.57 Å². The van der Waals surface area contributed by atoms with Crippen LogP contribution in [0.1, 0.15) is 0 Å². The number of rotatable bonds is 5. The molecule has 0 aliphatic heterocycles. The van der Waals surface area contributed by atoms with E-state index in [9.17, 15) is 19.2 Å². The molecule has 0 saturated heterocycles. The van der Waals surface area contributed by atoms with Gasteiger partial charge < -0.3 is 0 Å². The molecule has 0 bridgehead atoms. The third kappa shape index (κ3) is 6.72. The molecule has 0 aliphatic carbocycles. The van der Waals surface area contributed by atoms with Crippen LogP contribution in [-0.4, -0.2) is 37.9 Å². The average Bonchev–Trinajstić information content (AvgIpc) is 3.49. The van der Waals surface area contributed by atoms with Crippen molar-refractivity contribution in [3.8, 4) is 45.5 Å². The van der Waals surface area contributed by atoms with E-state index in [-0.39, 0.29) is 22.7 Å². The summed E-state index contributed by atoms with van der Waals surface area (Å²) in [7, 11) is 0. The van der Waals surface area contributed by atoms with Crippen LogP contribution in [0, 0.1) is 0 Å². The third-order valence-electron chi connectivity index (χ3n) is 14.7. The van der Waals surface area contributed by atoms with Crippen LogP contribution in [0.4, 0.5) is 0 Å². The molecular weight excluding hydrogens is 980 g/mol. The predicted octanol–water partition coefficient (Wildman–Crippen LogP) is 12.5. The zero-order chi connectivity index (χ0) is 51.6. The number of halogens is 1. The fraction of sp³-hybridized carbons (Fsp3) is 0. The Morgan fingerprint density at radius 2 is 0.922 bits per heavy atom. The molecule has 0 N–H and O–H groups in total. The van der Waals surface area contributed by atoms with Crippen LogP contribution in [0.3, 0.4) is 0 Å². The monoisotopic (exact) mass is 1010 g/mol. The number of pyridine rings is 1. The normalized spacial score (nSPS) is 11.9. The highest BCUT2D eigenvalue weighted by Crippen LogP contribution is 2.39. The number of nitrogens with zero attached hydrogens (tertiary/aromatic N) is 8. The smallest absolute Gasteiger partial charge is 0.268 e. The lowest BCUT2D eigenvalue weighted by Crippen LogP contribution is -2.35. The summed E-state index contributed by atoms with van der Waals surface area (Å²) in [6.45, 7) is 0. The van der Waals surface area contributed by atoms with Crippen molar-refractivity contribution in [2.75, 3.05) is 0 Å². The highest BCUT2D eigenvalue weighted by molar-refractivity contribution is 6.31. The van der Waals surface area contributed by atoms with E-state index in [1.54, 1.807) is 57.5 Å². The van der Waals surface area contributed by atoms with Gasteiger partial charge in [-0.05, 0) is 122 Å². The van der Waals surface area contributed by atoms with Gasteiger partial charge in [0, 0.05) is 26.9 Å². The molecule has 10 aromatic carbocycles. The molecule has 362 valence electrons. The molecule has 13 heteroatoms. The Bertz CT molecular complexity index is 5340. The van der Waals surface area contributed by atoms with Gasteiger partial charge in [0.15, 0.2) is 17.3 Å². The highest BCUT2D eigenvalue weighted by atomic mass is 35.5. The summed E-state index contributed by atoms with van der Waals surface area (Å²) in [4.78, 5) is 77.5. The predicted molar refractivity (Wildman–Crippen MR) is 307 cm³/mol. The topological polar surface area (TPSA) is 139 Å². The molecule has 0 saturated carbocycles. The van der Waals surface area contributed by atoms with E-state index >= 15 is 0 Å². The minimum Gasteiger partial charge on any atom is -0.268 e. The van der Waals surface area contributed by atoms with E-state index in [1.807, 2.05) is 127 Å². The summed E-state index contributed by atoms with van der Waals surface area (Å²) in [6.07, 6.45) is 0. The second kappa shape index (κ2) is 16.8. The number of aromatic nitrogens is 8. The van der Waals surface area contributed by atoms with Crippen LogP contribution in [-0.2, 0) is 0 Å². The average molecular weight is 1020 g/mol. The second-order valence-corrected chi connectivity index (χ2v) is 19.5. The number of fused-ring (bicyclic) bond motifs is 14. The van der Waals surface area contributed by atoms with Gasteiger partial charge in [-0.3, -0.25) is 23.4 Å². The largest absolute Gasteiger partial charge is 0.344 e. The SMILES string of the molecule is O=c1c2ccc(Cl)cc2n2c(=O)c3ccccc3cc2n1-c1ccc2c3cc(-c4ccc(-c5nc(-c6ccccc6)nc(-n6c(=O)n7c(=O)c8ccccc8nc7c7ccccc76)n5)cc4)ccc3c3ccccc3c2c1. The van der Waals surface area contributed by atoms with E-state index in [4.69, 9.17) is 31.5 Å². The molecule has 15 rings (SSSR count). The maximum Gasteiger partial charge on any atom is 0.344 e. The summed E-state index contributed by atoms with van der Waals surface area (Å²) < 4.78 is 5.67. The maximum absolute atomic E-state index is 14.8. The Kier molecular flexibility index (Phi) is 9.62. The van der Waals surface area contributed by atoms with Gasteiger partial charge in [0.25, 0.3) is 16.7 Å². The zero-order valence-electron chi connectivity index (χ0n) is 40.3. The number of benzene rings is 10. The minimum atomic E-state index is -0.659. The first-order chi connectivity index (χ1) is 37.8. The number of para-hydroxylation sites is 2. The van der Waals surface area contributed by atoms with E-state index in [2.05, 4.69) is 36.4 Å². The molecule has 12 nitrogen and oxygen atoms in total. The van der Waals surface area contributed by atoms with Gasteiger partial charge in [0.05, 0.1) is 33.0 Å². The summed E-state index contributed by atoms with van der Waals surface area (Å²) in [6, 6.07) is 66.8. The quantitative estimate of drug-likeness (QED) is 0.123. The van der Waals surface area contributed by atoms with Crippen LogP contribution in [0.2, 0.25) is 5.02 Å². The van der Waals surface area contributed by atoms with Crippen molar-refractivity contribution in [1.82, 2.24) is 37.9 Å². The maximum atomic E-state index is 14.8. The molecule has 0 spiro atoms. The lowest BCUT2D eigenvalue weighted by atomic mass is 9.91. The zero-order valence-corrected chi connectivity index (χ0v) is 41.1. The molecule has 77 heavy (non-hydrogen) atoms. The van der Waals surface area contributed by atoms with Gasteiger partial charge in [0.1, 0.15) is 5.65 Å². The van der Waals surface area contributed by atoms with E-state index < -0.39 is 11.2 Å². The van der Waals surface area contributed by atoms with Crippen molar-refractivity contribution in [3.63, 3.8) is 0 Å². The minimum absolute atomic E-state index is 0.0453. The van der Waals surface area contributed by atoms with Crippen LogP contribution in [0.5, 0.6) is 0 Å². The summed E-state index contributed by atoms with van der Waals surface area (Å²) >= 11 is 6.50. The van der Waals surface area contributed by atoms with Crippen molar-refractivity contribution in [3.05, 3.63) is 259 Å². The lowest BCUT2D eigenvalue weighted by molar-refractivity contribution is 0.828. The fourth-order valence-corrected chi connectivity index (χ4v) is 11.3. The van der Waals surface area contributed by atoms with Gasteiger partial charge in [-0.15, -0.1) is 0 Å². The van der Waals surface area contributed by atoms with Crippen molar-refractivity contribution in [2.45, 2.75) is 0 Å². The second-order valence-electron chi connectivity index (χ2n) is 19.0. The lowest BCUT2D eigenvalue weighted by Gasteiger charge is -2.17. The summed E-state index contributed by atoms with van der Waals surface area (Å²) in [5.74, 6) is 0.716. The molecule has 15 aromatic rings. The molecule has 0 amide bonds. The molecule has 5 aromatic heterocycles. The van der Waals surface area contributed by atoms with Gasteiger partial charge >= 0.3 is 5.69 Å². The van der Waals surface area contributed by atoms with Crippen LogP contribution in [0.15, 0.2) is 232 Å². The Labute approximate surface area is 438 Å². The van der Waals surface area contributed by atoms with E-state index in [0.717, 1.165) is 53.2 Å². The van der Waals surface area contributed by atoms with Crippen molar-refractivity contribution >= 4 is 98.7 Å². The first-order valence-corrected chi connectivity index (χ1v) is 25.2. The van der Waals surface area contributed by atoms with Gasteiger partial charge in [0.2, 0.25) is 5.95 Å². The Morgan fingerprint density at radius 1 is 0.351 bits per heavy atom. The molecule has 0 radical (unpaired) electrons. The van der Waals surface area contributed by atoms with Gasteiger partial charge in [-0.1, -0.05) is 151 Å². The van der Waals surface area contributed by atoms with Crippen molar-refractivity contribution in [1.29, 1.82) is 0 Å². The first-order valence-electron chi connectivity index (χ1n) is 24.8. The molecular formula is C64H35ClN8O4. The van der Waals surface area contributed by atoms with Crippen LogP contribution in [0.25, 0.3) is 133 Å². The third-order valence-corrected chi connectivity index (χ3v) is 15.0. The molecule has 0 atom stereocenters. The highest BCUT2D eigenvalue weighted by Gasteiger charge is 2.22. The molecule has 0 unspecified atom stereocenters. The van der Waals surface area contributed by atoms with Crippen LogP contribution < -0.4 is 22.4 Å². The van der Waals surface area contributed by atoms with Crippen LogP contribution >= 0.6 is 11.6 Å². The summed E-state index contributed by atoms with van der Waals surface area (Å²) in [5, 5.41) is 9.01. The van der Waals surface area contributed by atoms with Crippen molar-refractivity contribution in [2.24, 2.45) is 0 Å². The first kappa shape index (κ1) is 44.1. The Morgan fingerprint density at radius 3 is 1.71 bits per heavy atom. The number of hydrogen-bond acceptors (Lipinski definition) is 8.